The van der Waals surface area contributed by atoms with Crippen LogP contribution in [0.1, 0.15) is 105 Å². The first-order valence-corrected chi connectivity index (χ1v) is 24.3. The second-order valence-electron chi connectivity index (χ2n) is 15.5. The van der Waals surface area contributed by atoms with Crippen LogP contribution in [-0.2, 0) is 31.3 Å². The van der Waals surface area contributed by atoms with E-state index in [1.807, 2.05) is 27.7 Å². The number of benzene rings is 3. The summed E-state index contributed by atoms with van der Waals surface area (Å²) in [4.78, 5) is 21.4. The van der Waals surface area contributed by atoms with Crippen molar-refractivity contribution < 1.29 is 30.0 Å². The summed E-state index contributed by atoms with van der Waals surface area (Å²) in [5.41, 5.74) is 7.73. The summed E-state index contributed by atoms with van der Waals surface area (Å²) in [5.74, 6) is 5.99. The molecule has 1 radical (unpaired) electrons. The average molecular weight is 899 g/mol. The molecule has 0 unspecified atom stereocenters. The average Bonchev–Trinajstić information content (AvgIpc) is 3.27. The number of aliphatic hydroxyl groups is 1. The monoisotopic (exact) mass is 900 g/mol. The molecule has 1 aromatic heterocycles. The predicted octanol–water partition coefficient (Wildman–Crippen LogP) is 10.5. The maximum atomic E-state index is 11.7. The molecular weight excluding hydrogens is 841 g/mol. The van der Waals surface area contributed by atoms with E-state index in [9.17, 15) is 9.90 Å². The fourth-order valence-electron chi connectivity index (χ4n) is 7.20. The van der Waals surface area contributed by atoms with Crippen molar-refractivity contribution in [1.29, 1.82) is 0 Å². The van der Waals surface area contributed by atoms with Crippen molar-refractivity contribution in [2.75, 3.05) is 0 Å². The maximum absolute atomic E-state index is 11.7. The van der Waals surface area contributed by atoms with Gasteiger partial charge in [0, 0.05) is 38.0 Å². The molecule has 1 N–H and O–H groups in total. The van der Waals surface area contributed by atoms with Gasteiger partial charge in [-0.15, -0.1) is 0 Å². The summed E-state index contributed by atoms with van der Waals surface area (Å²) in [6.07, 6.45) is 7.75. The van der Waals surface area contributed by atoms with Crippen LogP contribution in [0.25, 0.3) is 33.3 Å². The first-order valence-electron chi connectivity index (χ1n) is 18.1. The first-order chi connectivity index (χ1) is 22.7. The van der Waals surface area contributed by atoms with Crippen LogP contribution >= 0.6 is 0 Å². The van der Waals surface area contributed by atoms with Gasteiger partial charge in [0.1, 0.15) is 0 Å². The molecule has 0 amide bonds. The molecule has 2 heterocycles. The van der Waals surface area contributed by atoms with Crippen molar-refractivity contribution in [2.24, 2.45) is 17.3 Å². The normalized spacial score (nSPS) is 13.6. The van der Waals surface area contributed by atoms with Crippen molar-refractivity contribution in [1.82, 2.24) is 9.97 Å². The van der Waals surface area contributed by atoms with Crippen LogP contribution in [0.3, 0.4) is 0 Å². The third-order valence-electron chi connectivity index (χ3n) is 9.99. The molecule has 0 bridgehead atoms. The quantitative estimate of drug-likeness (QED) is 0.0746. The van der Waals surface area contributed by atoms with Gasteiger partial charge in [0.15, 0.2) is 5.78 Å². The van der Waals surface area contributed by atoms with E-state index < -0.39 is 13.3 Å². The SMILES string of the molecule is CC(C)c1cc(-c2ncnc3[c]2[Ge]([CH3])([CH3])[c]2cc(CC(C)(C)C)ccc2-3)[c-]c2ccccc12.CCC(CC)C(=O)/C=C(\O)C(CC)CC.[Ir]. The Kier molecular flexibility index (Phi) is 14.2. The Morgan fingerprint density at radius 2 is 1.51 bits per heavy atom. The predicted molar refractivity (Wildman–Crippen MR) is 207 cm³/mol. The fourth-order valence-corrected chi connectivity index (χ4v) is 14.1. The number of carbonyl (C=O) groups is 1. The van der Waals surface area contributed by atoms with E-state index >= 15 is 0 Å². The van der Waals surface area contributed by atoms with E-state index in [2.05, 4.69) is 101 Å². The van der Waals surface area contributed by atoms with Crippen molar-refractivity contribution in [3.8, 4) is 22.5 Å². The van der Waals surface area contributed by atoms with Gasteiger partial charge >= 0.3 is 201 Å². The zero-order chi connectivity index (χ0) is 35.4. The Balaban J connectivity index is 0.000000347. The molecule has 6 heteroatoms. The topological polar surface area (TPSA) is 63.1 Å². The number of fused-ring (bicyclic) bond motifs is 4. The van der Waals surface area contributed by atoms with Gasteiger partial charge in [-0.3, -0.25) is 4.79 Å². The second kappa shape index (κ2) is 17.1. The zero-order valence-corrected chi connectivity index (χ0v) is 36.1. The van der Waals surface area contributed by atoms with Gasteiger partial charge in [0.05, 0.1) is 5.76 Å². The summed E-state index contributed by atoms with van der Waals surface area (Å²) in [7, 11) is 0. The van der Waals surface area contributed by atoms with Crippen LogP contribution < -0.4 is 8.79 Å². The molecule has 0 saturated carbocycles. The number of nitrogens with zero attached hydrogens (tertiary/aromatic N) is 2. The number of aliphatic hydroxyl groups excluding tert-OH is 1. The number of hydrogen-bond acceptors (Lipinski definition) is 4. The third-order valence-corrected chi connectivity index (χ3v) is 17.3. The molecule has 1 aliphatic heterocycles. The van der Waals surface area contributed by atoms with Gasteiger partial charge in [-0.2, -0.15) is 0 Å². The van der Waals surface area contributed by atoms with Crippen LogP contribution in [0.2, 0.25) is 11.5 Å². The minimum absolute atomic E-state index is 0. The largest absolute Gasteiger partial charge is 0.512 e. The summed E-state index contributed by atoms with van der Waals surface area (Å²) in [5, 5.41) is 12.2. The molecule has 0 aliphatic carbocycles. The summed E-state index contributed by atoms with van der Waals surface area (Å²) < 4.78 is 2.94. The van der Waals surface area contributed by atoms with Crippen molar-refractivity contribution in [3.05, 3.63) is 83.9 Å². The van der Waals surface area contributed by atoms with Crippen LogP contribution in [-0.4, -0.2) is 34.1 Å². The molecule has 0 saturated heterocycles. The Hall–Kier alpha value is -2.60. The molecule has 49 heavy (non-hydrogen) atoms. The Morgan fingerprint density at radius 1 is 0.898 bits per heavy atom. The van der Waals surface area contributed by atoms with Crippen molar-refractivity contribution >= 4 is 38.6 Å². The van der Waals surface area contributed by atoms with E-state index in [1.54, 1.807) is 10.7 Å². The fraction of sp³-hybridized carbons (Fsp3) is 0.465. The molecule has 4 aromatic rings. The molecule has 5 rings (SSSR count). The molecule has 3 aromatic carbocycles. The number of rotatable bonds is 10. The molecule has 4 nitrogen and oxygen atoms in total. The Bertz CT molecular complexity index is 1780. The summed E-state index contributed by atoms with van der Waals surface area (Å²) in [6, 6.07) is 21.7. The zero-order valence-electron chi connectivity index (χ0n) is 31.6. The number of carbonyl (C=O) groups excluding carboxylic acids is 1. The van der Waals surface area contributed by atoms with E-state index in [-0.39, 0.29) is 48.9 Å². The van der Waals surface area contributed by atoms with Gasteiger partial charge < -0.3 is 5.11 Å². The van der Waals surface area contributed by atoms with E-state index in [4.69, 9.17) is 9.97 Å². The Morgan fingerprint density at radius 3 is 2.10 bits per heavy atom. The minimum Gasteiger partial charge on any atom is -0.512 e. The number of allylic oxidation sites excluding steroid dienone is 2. The first kappa shape index (κ1) is 40.8. The molecule has 0 atom stereocenters. The Labute approximate surface area is 312 Å². The van der Waals surface area contributed by atoms with Crippen LogP contribution in [0, 0.1) is 23.3 Å². The van der Waals surface area contributed by atoms with Gasteiger partial charge in [0.2, 0.25) is 0 Å². The van der Waals surface area contributed by atoms with Gasteiger partial charge in [0.25, 0.3) is 0 Å². The molecule has 0 fully saturated rings. The molecule has 265 valence electrons. The molecule has 1 aliphatic rings. The number of ketones is 1. The second-order valence-corrected chi connectivity index (χ2v) is 24.5. The van der Waals surface area contributed by atoms with Crippen LogP contribution in [0.5, 0.6) is 0 Å². The summed E-state index contributed by atoms with van der Waals surface area (Å²) in [6.45, 7) is 19.5. The van der Waals surface area contributed by atoms with E-state index in [1.165, 1.54) is 37.9 Å². The molecular formula is C43H57GeIrN2O2-. The number of aromatic nitrogens is 2. The van der Waals surface area contributed by atoms with E-state index in [0.717, 1.165) is 49.1 Å². The number of hydrogen-bond donors (Lipinski definition) is 1. The van der Waals surface area contributed by atoms with Crippen molar-refractivity contribution in [2.45, 2.75) is 112 Å². The van der Waals surface area contributed by atoms with Gasteiger partial charge in [-0.25, -0.2) is 0 Å². The minimum atomic E-state index is -2.60. The van der Waals surface area contributed by atoms with Crippen LogP contribution in [0.15, 0.2) is 66.7 Å². The van der Waals surface area contributed by atoms with Crippen molar-refractivity contribution in [3.63, 3.8) is 0 Å². The van der Waals surface area contributed by atoms with E-state index in [0.29, 0.717) is 5.92 Å². The summed E-state index contributed by atoms with van der Waals surface area (Å²) >= 11 is -2.60. The third kappa shape index (κ3) is 9.20. The van der Waals surface area contributed by atoms with Crippen LogP contribution in [0.4, 0.5) is 0 Å². The van der Waals surface area contributed by atoms with Gasteiger partial charge in [-0.05, 0) is 25.7 Å². The van der Waals surface area contributed by atoms with Gasteiger partial charge in [-0.1, -0.05) is 27.7 Å². The molecule has 0 spiro atoms. The standard InChI is InChI=1S/C30H33GeN2.C13H24O2.Ir/c1-19(2)25-16-22(15-21-10-8-9-11-23(21)25)28-27-29(33-18-32-28)24-13-12-20(17-30(3,4)5)14-26(24)31(27,6)7;1-5-10(6-2)12(14)9-13(15)11(7-3)8-4;/h8-14,16,18-19H,17H2,1-7H3;9-11,14H,5-8H2,1-4H3;/q-1;;/b;12-9-;. The smallest absolute Gasteiger partial charge is 0.162 e. The maximum Gasteiger partial charge on any atom is 0.162 e.